The molecule has 0 amide bonds. The van der Waals surface area contributed by atoms with E-state index in [9.17, 15) is 5.11 Å². The van der Waals surface area contributed by atoms with Crippen molar-refractivity contribution in [2.24, 2.45) is 0 Å². The van der Waals surface area contributed by atoms with Gasteiger partial charge < -0.3 is 5.11 Å². The average Bonchev–Trinajstić information content (AvgIpc) is 2.18. The molecule has 0 saturated carbocycles. The molecule has 0 heterocycles. The Morgan fingerprint density at radius 2 is 2.00 bits per heavy atom. The number of benzene rings is 2. The van der Waals surface area contributed by atoms with Crippen LogP contribution < -0.4 is 0 Å². The van der Waals surface area contributed by atoms with Crippen molar-refractivity contribution in [3.63, 3.8) is 0 Å². The monoisotopic (exact) mass is 250 g/mol. The van der Waals surface area contributed by atoms with Crippen LogP contribution in [0.3, 0.4) is 0 Å². The van der Waals surface area contributed by atoms with E-state index in [1.807, 2.05) is 18.2 Å². The number of hydrogen-bond donors (Lipinski definition) is 1. The number of aromatic hydroxyl groups is 1. The molecule has 14 heavy (non-hydrogen) atoms. The summed E-state index contributed by atoms with van der Waals surface area (Å²) < 4.78 is 1.07. The van der Waals surface area contributed by atoms with Gasteiger partial charge in [0.25, 0.3) is 0 Å². The fraction of sp³-hybridized carbons (Fsp3) is 0.167. The van der Waals surface area contributed by atoms with Crippen molar-refractivity contribution in [2.75, 3.05) is 0 Å². The van der Waals surface area contributed by atoms with Crippen LogP contribution in [-0.2, 0) is 6.42 Å². The van der Waals surface area contributed by atoms with Crippen LogP contribution in [0, 0.1) is 0 Å². The Morgan fingerprint density at radius 1 is 1.21 bits per heavy atom. The first-order valence-corrected chi connectivity index (χ1v) is 5.41. The summed E-state index contributed by atoms with van der Waals surface area (Å²) in [7, 11) is 0. The summed E-state index contributed by atoms with van der Waals surface area (Å²) in [5, 5.41) is 12.0. The molecular formula is C12H11BrO. The van der Waals surface area contributed by atoms with Crippen LogP contribution in [0.5, 0.6) is 5.75 Å². The highest BCUT2D eigenvalue weighted by Crippen LogP contribution is 2.29. The standard InChI is InChI=1S/C12H11BrO/c1-2-10-11-5-4-9(13)7-8(11)3-6-12(10)14/h3-7,14H,2H2,1H3. The van der Waals surface area contributed by atoms with Gasteiger partial charge in [0, 0.05) is 10.0 Å². The minimum atomic E-state index is 0.391. The third-order valence-electron chi connectivity index (χ3n) is 2.42. The lowest BCUT2D eigenvalue weighted by Crippen LogP contribution is -1.84. The molecule has 0 aliphatic rings. The van der Waals surface area contributed by atoms with Gasteiger partial charge in [0.05, 0.1) is 0 Å². The minimum Gasteiger partial charge on any atom is -0.508 e. The molecule has 0 saturated heterocycles. The molecule has 0 unspecified atom stereocenters. The fourth-order valence-corrected chi connectivity index (χ4v) is 2.10. The number of aryl methyl sites for hydroxylation is 1. The SMILES string of the molecule is CCc1c(O)ccc2cc(Br)ccc12. The summed E-state index contributed by atoms with van der Waals surface area (Å²) in [6, 6.07) is 9.80. The van der Waals surface area contributed by atoms with Crippen LogP contribution >= 0.6 is 15.9 Å². The molecule has 0 aliphatic carbocycles. The zero-order chi connectivity index (χ0) is 10.1. The second kappa shape index (κ2) is 3.62. The molecule has 0 bridgehead atoms. The van der Waals surface area contributed by atoms with E-state index in [0.29, 0.717) is 5.75 Å². The fourth-order valence-electron chi connectivity index (χ4n) is 1.73. The first kappa shape index (κ1) is 9.53. The predicted octanol–water partition coefficient (Wildman–Crippen LogP) is 3.87. The Bertz CT molecular complexity index is 477. The summed E-state index contributed by atoms with van der Waals surface area (Å²) in [5.41, 5.74) is 1.02. The van der Waals surface area contributed by atoms with Gasteiger partial charge in [-0.1, -0.05) is 35.0 Å². The van der Waals surface area contributed by atoms with E-state index in [2.05, 4.69) is 28.9 Å². The first-order chi connectivity index (χ1) is 6.72. The zero-order valence-electron chi connectivity index (χ0n) is 7.92. The summed E-state index contributed by atoms with van der Waals surface area (Å²) in [6.45, 7) is 2.05. The maximum Gasteiger partial charge on any atom is 0.119 e. The van der Waals surface area contributed by atoms with Gasteiger partial charge in [-0.2, -0.15) is 0 Å². The molecule has 2 heteroatoms. The van der Waals surface area contributed by atoms with Crippen LogP contribution in [0.2, 0.25) is 0 Å². The summed E-state index contributed by atoms with van der Waals surface area (Å²) in [6.07, 6.45) is 0.852. The van der Waals surface area contributed by atoms with Crippen molar-refractivity contribution in [3.05, 3.63) is 40.4 Å². The first-order valence-electron chi connectivity index (χ1n) is 4.62. The molecular weight excluding hydrogens is 240 g/mol. The van der Waals surface area contributed by atoms with Crippen LogP contribution in [0.1, 0.15) is 12.5 Å². The maximum absolute atomic E-state index is 9.67. The molecule has 2 aromatic rings. The molecule has 2 aromatic carbocycles. The normalized spacial score (nSPS) is 10.7. The third kappa shape index (κ3) is 1.50. The molecule has 2 rings (SSSR count). The maximum atomic E-state index is 9.67. The number of fused-ring (bicyclic) bond motifs is 1. The molecule has 0 fully saturated rings. The molecule has 72 valence electrons. The molecule has 1 nitrogen and oxygen atoms in total. The zero-order valence-corrected chi connectivity index (χ0v) is 9.51. The molecule has 0 aromatic heterocycles. The van der Waals surface area contributed by atoms with Crippen molar-refractivity contribution in [1.29, 1.82) is 0 Å². The van der Waals surface area contributed by atoms with E-state index < -0.39 is 0 Å². The molecule has 0 aliphatic heterocycles. The lowest BCUT2D eigenvalue weighted by molar-refractivity contribution is 0.470. The summed E-state index contributed by atoms with van der Waals surface area (Å²) in [5.74, 6) is 0.391. The van der Waals surface area contributed by atoms with Crippen LogP contribution in [0.4, 0.5) is 0 Å². The number of hydrogen-bond acceptors (Lipinski definition) is 1. The van der Waals surface area contributed by atoms with Crippen LogP contribution in [0.15, 0.2) is 34.8 Å². The van der Waals surface area contributed by atoms with Crippen molar-refractivity contribution in [1.82, 2.24) is 0 Å². The second-order valence-corrected chi connectivity index (χ2v) is 4.20. The van der Waals surface area contributed by atoms with Gasteiger partial charge in [-0.05, 0) is 35.4 Å². The number of halogens is 1. The average molecular weight is 251 g/mol. The van der Waals surface area contributed by atoms with Crippen LogP contribution in [0.25, 0.3) is 10.8 Å². The topological polar surface area (TPSA) is 20.2 Å². The lowest BCUT2D eigenvalue weighted by Gasteiger charge is -2.06. The van der Waals surface area contributed by atoms with Crippen molar-refractivity contribution in [2.45, 2.75) is 13.3 Å². The van der Waals surface area contributed by atoms with E-state index in [-0.39, 0.29) is 0 Å². The predicted molar refractivity (Wildman–Crippen MR) is 62.7 cm³/mol. The van der Waals surface area contributed by atoms with Crippen molar-refractivity contribution in [3.8, 4) is 5.75 Å². The third-order valence-corrected chi connectivity index (χ3v) is 2.92. The van der Waals surface area contributed by atoms with E-state index in [0.717, 1.165) is 27.2 Å². The quantitative estimate of drug-likeness (QED) is 0.815. The van der Waals surface area contributed by atoms with E-state index in [1.54, 1.807) is 6.07 Å². The number of rotatable bonds is 1. The van der Waals surface area contributed by atoms with Gasteiger partial charge in [0.15, 0.2) is 0 Å². The Hall–Kier alpha value is -1.02. The molecule has 0 spiro atoms. The number of phenols is 1. The van der Waals surface area contributed by atoms with Gasteiger partial charge in [-0.3, -0.25) is 0 Å². The smallest absolute Gasteiger partial charge is 0.119 e. The van der Waals surface area contributed by atoms with E-state index in [1.165, 1.54) is 0 Å². The Kier molecular flexibility index (Phi) is 2.46. The Balaban J connectivity index is 2.82. The van der Waals surface area contributed by atoms with Gasteiger partial charge >= 0.3 is 0 Å². The van der Waals surface area contributed by atoms with Crippen molar-refractivity contribution < 1.29 is 5.11 Å². The highest BCUT2D eigenvalue weighted by molar-refractivity contribution is 9.10. The Labute approximate surface area is 91.5 Å². The Morgan fingerprint density at radius 3 is 2.71 bits per heavy atom. The largest absolute Gasteiger partial charge is 0.508 e. The van der Waals surface area contributed by atoms with Gasteiger partial charge in [-0.15, -0.1) is 0 Å². The van der Waals surface area contributed by atoms with Crippen molar-refractivity contribution >= 4 is 26.7 Å². The van der Waals surface area contributed by atoms with Gasteiger partial charge in [-0.25, -0.2) is 0 Å². The summed E-state index contributed by atoms with van der Waals surface area (Å²) >= 11 is 3.43. The number of phenolic OH excluding ortho intramolecular Hbond substituents is 1. The highest BCUT2D eigenvalue weighted by atomic mass is 79.9. The summed E-state index contributed by atoms with van der Waals surface area (Å²) in [4.78, 5) is 0. The molecule has 0 radical (unpaired) electrons. The highest BCUT2D eigenvalue weighted by Gasteiger charge is 2.04. The lowest BCUT2D eigenvalue weighted by atomic mass is 10.0. The van der Waals surface area contributed by atoms with Gasteiger partial charge in [0.1, 0.15) is 5.75 Å². The van der Waals surface area contributed by atoms with Crippen LogP contribution in [-0.4, -0.2) is 5.11 Å². The second-order valence-electron chi connectivity index (χ2n) is 3.28. The van der Waals surface area contributed by atoms with E-state index in [4.69, 9.17) is 0 Å². The minimum absolute atomic E-state index is 0.391. The van der Waals surface area contributed by atoms with Gasteiger partial charge in [0.2, 0.25) is 0 Å². The van der Waals surface area contributed by atoms with E-state index >= 15 is 0 Å². The molecule has 1 N–H and O–H groups in total. The molecule has 0 atom stereocenters.